The number of piperazine rings is 1. The van der Waals surface area contributed by atoms with Gasteiger partial charge in [-0.15, -0.1) is 0 Å². The van der Waals surface area contributed by atoms with Gasteiger partial charge in [-0.3, -0.25) is 0 Å². The number of nitrogens with zero attached hydrogens (tertiary/aromatic N) is 1. The van der Waals surface area contributed by atoms with Crippen LogP contribution in [0.1, 0.15) is 11.1 Å². The van der Waals surface area contributed by atoms with E-state index in [4.69, 9.17) is 27.9 Å². The van der Waals surface area contributed by atoms with Gasteiger partial charge in [0.1, 0.15) is 38.5 Å². The third kappa shape index (κ3) is 4.89. The van der Waals surface area contributed by atoms with E-state index in [9.17, 15) is 10.4 Å². The van der Waals surface area contributed by atoms with Crippen LogP contribution in [0, 0.1) is 10.4 Å². The topological polar surface area (TPSA) is 59.8 Å². The first-order valence-corrected chi connectivity index (χ1v) is 10.9. The highest BCUT2D eigenvalue weighted by Gasteiger charge is 2.24. The number of halogens is 2. The van der Waals surface area contributed by atoms with Crippen molar-refractivity contribution in [1.29, 1.82) is 0 Å². The van der Waals surface area contributed by atoms with Crippen LogP contribution in [0.3, 0.4) is 0 Å². The van der Waals surface area contributed by atoms with Crippen LogP contribution in [0.4, 0.5) is 0 Å². The van der Waals surface area contributed by atoms with Gasteiger partial charge in [-0.05, 0) is 29.3 Å². The van der Waals surface area contributed by atoms with Crippen molar-refractivity contribution in [2.24, 2.45) is 0 Å². The third-order valence-corrected chi connectivity index (χ3v) is 6.55. The van der Waals surface area contributed by atoms with Gasteiger partial charge in [-0.2, -0.15) is 0 Å². The Labute approximate surface area is 186 Å². The lowest BCUT2D eigenvalue weighted by atomic mass is 10.1. The molecule has 0 bridgehead atoms. The van der Waals surface area contributed by atoms with Crippen molar-refractivity contribution in [2.45, 2.75) is 13.0 Å². The molecule has 0 spiro atoms. The van der Waals surface area contributed by atoms with Crippen molar-refractivity contribution in [3.8, 4) is 5.75 Å². The average molecular weight is 447 g/mol. The molecule has 3 aromatic rings. The zero-order chi connectivity index (χ0) is 21.1. The quantitative estimate of drug-likeness (QED) is 0.460. The van der Waals surface area contributed by atoms with E-state index in [-0.39, 0.29) is 9.71 Å². The largest absolute Gasteiger partial charge is 0.634 e. The Balaban J connectivity index is 1.36. The summed E-state index contributed by atoms with van der Waals surface area (Å²) >= 11 is 12.4. The Hall–Kier alpha value is -1.86. The molecule has 1 aliphatic heterocycles. The number of hydroxylamine groups is 5. The number of nitrogens with one attached hydrogen (secondary N) is 1. The zero-order valence-electron chi connectivity index (χ0n) is 16.6. The number of quaternary nitrogens is 2. The molecule has 1 heterocycles. The lowest BCUT2D eigenvalue weighted by molar-refractivity contribution is -0.978. The van der Waals surface area contributed by atoms with Crippen molar-refractivity contribution in [1.82, 2.24) is 0 Å². The number of benzene rings is 3. The highest BCUT2D eigenvalue weighted by Crippen LogP contribution is 2.35. The van der Waals surface area contributed by atoms with Gasteiger partial charge in [0, 0.05) is 17.2 Å². The maximum atomic E-state index is 12.7. The molecule has 4 rings (SSSR count). The van der Waals surface area contributed by atoms with Crippen molar-refractivity contribution >= 4 is 34.0 Å². The first kappa shape index (κ1) is 21.4. The van der Waals surface area contributed by atoms with E-state index in [1.807, 2.05) is 48.5 Å². The minimum absolute atomic E-state index is 0.209. The van der Waals surface area contributed by atoms with Gasteiger partial charge in [-0.1, -0.05) is 59.6 Å². The Morgan fingerprint density at radius 3 is 2.33 bits per heavy atom. The molecule has 0 radical (unpaired) electrons. The van der Waals surface area contributed by atoms with Crippen LogP contribution in [-0.4, -0.2) is 37.4 Å². The van der Waals surface area contributed by atoms with E-state index < -0.39 is 0 Å². The van der Waals surface area contributed by atoms with Crippen molar-refractivity contribution in [2.75, 3.05) is 32.7 Å². The SMILES string of the molecule is [O-][NH+]1CC[N+]([O-])(CCc2ccc(COc3cccc4c(Cl)c(Cl)ccc34)cc2)CC1. The molecular weight excluding hydrogens is 423 g/mol. The van der Waals surface area contributed by atoms with Crippen LogP contribution in [0.25, 0.3) is 10.8 Å². The van der Waals surface area contributed by atoms with Crippen LogP contribution >= 0.6 is 23.2 Å². The van der Waals surface area contributed by atoms with Gasteiger partial charge >= 0.3 is 0 Å². The molecule has 0 unspecified atom stereocenters. The highest BCUT2D eigenvalue weighted by atomic mass is 35.5. The maximum absolute atomic E-state index is 12.7. The normalized spacial score (nSPS) is 21.7. The smallest absolute Gasteiger partial charge is 0.129 e. The standard InChI is InChI=1S/C23H24Cl2N2O3/c24-21-9-8-19-20(23(21)25)2-1-3-22(19)30-16-18-6-4-17(5-7-18)10-13-27(29)14-11-26(28)12-15-27/h1-9,26H,10-16H2. The minimum atomic E-state index is -0.260. The summed E-state index contributed by atoms with van der Waals surface area (Å²) in [7, 11) is 0. The molecule has 0 aliphatic carbocycles. The molecule has 0 amide bonds. The van der Waals surface area contributed by atoms with Gasteiger partial charge < -0.3 is 24.9 Å². The van der Waals surface area contributed by atoms with Crippen molar-refractivity contribution in [3.05, 3.63) is 86.2 Å². The summed E-state index contributed by atoms with van der Waals surface area (Å²) in [5.41, 5.74) is 2.17. The fourth-order valence-corrected chi connectivity index (χ4v) is 4.20. The zero-order valence-corrected chi connectivity index (χ0v) is 18.1. The summed E-state index contributed by atoms with van der Waals surface area (Å²) in [5, 5.41) is 27.1. The molecule has 1 fully saturated rings. The van der Waals surface area contributed by atoms with Gasteiger partial charge in [0.05, 0.1) is 16.6 Å². The second-order valence-electron chi connectivity index (χ2n) is 7.84. The van der Waals surface area contributed by atoms with E-state index in [0.717, 1.165) is 27.6 Å². The molecule has 0 aromatic heterocycles. The molecule has 1 saturated heterocycles. The third-order valence-electron chi connectivity index (χ3n) is 5.73. The van der Waals surface area contributed by atoms with Crippen molar-refractivity contribution < 1.29 is 14.4 Å². The molecule has 30 heavy (non-hydrogen) atoms. The number of hydrogen-bond acceptors (Lipinski definition) is 3. The van der Waals surface area contributed by atoms with Crippen LogP contribution < -0.4 is 9.80 Å². The lowest BCUT2D eigenvalue weighted by Gasteiger charge is -2.47. The lowest BCUT2D eigenvalue weighted by Crippen LogP contribution is -3.11. The monoisotopic (exact) mass is 446 g/mol. The maximum Gasteiger partial charge on any atom is 0.129 e. The van der Waals surface area contributed by atoms with E-state index in [1.54, 1.807) is 6.07 Å². The fraction of sp³-hybridized carbons (Fsp3) is 0.304. The van der Waals surface area contributed by atoms with Gasteiger partial charge in [0.15, 0.2) is 0 Å². The Bertz CT molecular complexity index is 1020. The van der Waals surface area contributed by atoms with Gasteiger partial charge in [-0.25, -0.2) is 0 Å². The van der Waals surface area contributed by atoms with Crippen LogP contribution in [0.2, 0.25) is 10.0 Å². The van der Waals surface area contributed by atoms with Crippen LogP contribution in [0.5, 0.6) is 5.75 Å². The molecule has 0 saturated carbocycles. The summed E-state index contributed by atoms with van der Waals surface area (Å²) in [6.45, 7) is 2.58. The Morgan fingerprint density at radius 1 is 0.900 bits per heavy atom. The fourth-order valence-electron chi connectivity index (χ4n) is 3.80. The molecule has 1 aliphatic rings. The first-order valence-electron chi connectivity index (χ1n) is 10.1. The molecule has 0 atom stereocenters. The van der Waals surface area contributed by atoms with E-state index in [0.29, 0.717) is 55.8 Å². The van der Waals surface area contributed by atoms with E-state index >= 15 is 0 Å². The number of ether oxygens (including phenoxy) is 1. The molecule has 3 aromatic carbocycles. The second kappa shape index (κ2) is 9.10. The summed E-state index contributed by atoms with van der Waals surface area (Å²) in [6, 6.07) is 17.6. The van der Waals surface area contributed by atoms with Gasteiger partial charge in [0.2, 0.25) is 0 Å². The summed E-state index contributed by atoms with van der Waals surface area (Å²) in [5.74, 6) is 0.757. The minimum Gasteiger partial charge on any atom is -0.634 e. The molecule has 1 N–H and O–H groups in total. The summed E-state index contributed by atoms with van der Waals surface area (Å²) in [6.07, 6.45) is 0.710. The molecular formula is C23H24Cl2N2O3. The number of fused-ring (bicyclic) bond motifs is 1. The molecule has 158 valence electrons. The highest BCUT2D eigenvalue weighted by molar-refractivity contribution is 6.45. The van der Waals surface area contributed by atoms with Crippen molar-refractivity contribution in [3.63, 3.8) is 0 Å². The number of hydrogen-bond donors (Lipinski definition) is 1. The second-order valence-corrected chi connectivity index (χ2v) is 8.62. The van der Waals surface area contributed by atoms with Crippen LogP contribution in [0.15, 0.2) is 54.6 Å². The number of rotatable bonds is 6. The molecule has 5 nitrogen and oxygen atoms in total. The first-order chi connectivity index (χ1) is 14.4. The average Bonchev–Trinajstić information content (AvgIpc) is 2.76. The van der Waals surface area contributed by atoms with E-state index in [1.165, 1.54) is 0 Å². The van der Waals surface area contributed by atoms with Gasteiger partial charge in [0.25, 0.3) is 0 Å². The van der Waals surface area contributed by atoms with E-state index in [2.05, 4.69) is 0 Å². The summed E-state index contributed by atoms with van der Waals surface area (Å²) in [4.78, 5) is 0. The summed E-state index contributed by atoms with van der Waals surface area (Å²) < 4.78 is 5.77. The van der Waals surface area contributed by atoms with Crippen LogP contribution in [-0.2, 0) is 13.0 Å². The predicted octanol–water partition coefficient (Wildman–Crippen LogP) is 3.98. The predicted molar refractivity (Wildman–Crippen MR) is 121 cm³/mol. The Morgan fingerprint density at radius 2 is 1.60 bits per heavy atom. The molecule has 7 heteroatoms. The Kier molecular flexibility index (Phi) is 6.48.